The van der Waals surface area contributed by atoms with Crippen LogP contribution in [0.3, 0.4) is 0 Å². The zero-order valence-corrected chi connectivity index (χ0v) is 13.3. The van der Waals surface area contributed by atoms with Gasteiger partial charge in [-0.05, 0) is 43.0 Å². The Labute approximate surface area is 129 Å². The van der Waals surface area contributed by atoms with E-state index in [1.54, 1.807) is 11.3 Å². The monoisotopic (exact) mass is 303 g/mol. The molecule has 1 atom stereocenters. The highest BCUT2D eigenvalue weighted by molar-refractivity contribution is 7.09. The molecule has 0 spiro atoms. The number of carbonyl (C=O) groups is 1. The SMILES string of the molecule is CC(Cc1cccs1)N(C)Cc1ccccc1CC(=O)O. The van der Waals surface area contributed by atoms with Crippen LogP contribution in [0.1, 0.15) is 22.9 Å². The zero-order valence-electron chi connectivity index (χ0n) is 12.5. The molecular formula is C17H21NO2S. The minimum atomic E-state index is -0.781. The Balaban J connectivity index is 2.01. The van der Waals surface area contributed by atoms with Crippen molar-refractivity contribution in [2.75, 3.05) is 7.05 Å². The summed E-state index contributed by atoms with van der Waals surface area (Å²) in [4.78, 5) is 14.6. The number of nitrogens with zero attached hydrogens (tertiary/aromatic N) is 1. The van der Waals surface area contributed by atoms with E-state index in [4.69, 9.17) is 5.11 Å². The van der Waals surface area contributed by atoms with Gasteiger partial charge in [-0.2, -0.15) is 0 Å². The van der Waals surface area contributed by atoms with Crippen LogP contribution in [0.15, 0.2) is 41.8 Å². The van der Waals surface area contributed by atoms with Crippen molar-refractivity contribution >= 4 is 17.3 Å². The lowest BCUT2D eigenvalue weighted by Crippen LogP contribution is -2.30. The Morgan fingerprint density at radius 3 is 2.57 bits per heavy atom. The van der Waals surface area contributed by atoms with E-state index in [0.29, 0.717) is 6.04 Å². The summed E-state index contributed by atoms with van der Waals surface area (Å²) in [5.74, 6) is -0.781. The zero-order chi connectivity index (χ0) is 15.2. The van der Waals surface area contributed by atoms with E-state index in [-0.39, 0.29) is 6.42 Å². The average Bonchev–Trinajstić information content (AvgIpc) is 2.93. The number of hydrogen-bond donors (Lipinski definition) is 1. The van der Waals surface area contributed by atoms with Gasteiger partial charge in [0.25, 0.3) is 0 Å². The van der Waals surface area contributed by atoms with Crippen LogP contribution in [0.4, 0.5) is 0 Å². The first-order chi connectivity index (χ1) is 10.1. The molecule has 0 bridgehead atoms. The molecule has 4 heteroatoms. The van der Waals surface area contributed by atoms with E-state index in [9.17, 15) is 4.79 Å². The molecule has 0 radical (unpaired) electrons. The molecule has 0 fully saturated rings. The Morgan fingerprint density at radius 1 is 1.24 bits per heavy atom. The van der Waals surface area contributed by atoms with E-state index in [2.05, 4.69) is 36.4 Å². The second kappa shape index (κ2) is 7.38. The minimum absolute atomic E-state index is 0.0866. The number of rotatable bonds is 7. The molecule has 0 amide bonds. The summed E-state index contributed by atoms with van der Waals surface area (Å²) >= 11 is 1.78. The van der Waals surface area contributed by atoms with E-state index < -0.39 is 5.97 Å². The van der Waals surface area contributed by atoms with Crippen molar-refractivity contribution in [2.24, 2.45) is 0 Å². The fourth-order valence-corrected chi connectivity index (χ4v) is 3.17. The summed E-state index contributed by atoms with van der Waals surface area (Å²) in [5, 5.41) is 11.1. The largest absolute Gasteiger partial charge is 0.481 e. The van der Waals surface area contributed by atoms with Crippen LogP contribution in [0, 0.1) is 0 Å². The molecule has 112 valence electrons. The van der Waals surface area contributed by atoms with Crippen molar-refractivity contribution in [3.8, 4) is 0 Å². The molecule has 0 saturated heterocycles. The van der Waals surface area contributed by atoms with Crippen molar-refractivity contribution in [2.45, 2.75) is 32.4 Å². The van der Waals surface area contributed by atoms with Crippen molar-refractivity contribution < 1.29 is 9.90 Å². The minimum Gasteiger partial charge on any atom is -0.481 e. The first kappa shape index (κ1) is 15.7. The Bertz CT molecular complexity index is 580. The van der Waals surface area contributed by atoms with Gasteiger partial charge in [0.2, 0.25) is 0 Å². The number of carboxylic acid groups (broad SMARTS) is 1. The highest BCUT2D eigenvalue weighted by Crippen LogP contribution is 2.17. The van der Waals surface area contributed by atoms with Gasteiger partial charge in [0.05, 0.1) is 6.42 Å². The van der Waals surface area contributed by atoms with Gasteiger partial charge in [-0.15, -0.1) is 11.3 Å². The molecule has 1 aromatic heterocycles. The molecule has 21 heavy (non-hydrogen) atoms. The maximum atomic E-state index is 10.9. The molecule has 0 saturated carbocycles. The van der Waals surface area contributed by atoms with Gasteiger partial charge < -0.3 is 5.11 Å². The second-order valence-corrected chi connectivity index (χ2v) is 6.42. The average molecular weight is 303 g/mol. The predicted molar refractivity (Wildman–Crippen MR) is 86.7 cm³/mol. The van der Waals surface area contributed by atoms with Gasteiger partial charge in [-0.1, -0.05) is 30.3 Å². The molecule has 0 aliphatic heterocycles. The fourth-order valence-electron chi connectivity index (χ4n) is 2.35. The van der Waals surface area contributed by atoms with E-state index in [1.807, 2.05) is 24.3 Å². The van der Waals surface area contributed by atoms with Gasteiger partial charge in [0.1, 0.15) is 0 Å². The van der Waals surface area contributed by atoms with Gasteiger partial charge >= 0.3 is 5.97 Å². The summed E-state index contributed by atoms with van der Waals surface area (Å²) in [6, 6.07) is 12.5. The van der Waals surface area contributed by atoms with Crippen LogP contribution in [0.2, 0.25) is 0 Å². The third kappa shape index (κ3) is 4.69. The lowest BCUT2D eigenvalue weighted by molar-refractivity contribution is -0.136. The predicted octanol–water partition coefficient (Wildman–Crippen LogP) is 3.44. The van der Waals surface area contributed by atoms with Gasteiger partial charge in [-0.25, -0.2) is 0 Å². The number of aliphatic carboxylic acids is 1. The van der Waals surface area contributed by atoms with Crippen LogP contribution in [0.5, 0.6) is 0 Å². The smallest absolute Gasteiger partial charge is 0.307 e. The van der Waals surface area contributed by atoms with Gasteiger partial charge in [0, 0.05) is 17.5 Å². The highest BCUT2D eigenvalue weighted by atomic mass is 32.1. The number of carboxylic acids is 1. The molecule has 1 N–H and O–H groups in total. The maximum Gasteiger partial charge on any atom is 0.307 e. The molecule has 1 unspecified atom stereocenters. The number of likely N-dealkylation sites (N-methyl/N-ethyl adjacent to an activating group) is 1. The van der Waals surface area contributed by atoms with Gasteiger partial charge in [-0.3, -0.25) is 9.69 Å². The first-order valence-corrected chi connectivity index (χ1v) is 7.95. The Kier molecular flexibility index (Phi) is 5.53. The summed E-state index contributed by atoms with van der Waals surface area (Å²) in [5.41, 5.74) is 2.00. The van der Waals surface area contributed by atoms with Crippen molar-refractivity contribution in [3.05, 3.63) is 57.8 Å². The summed E-state index contributed by atoms with van der Waals surface area (Å²) in [6.45, 7) is 2.98. The van der Waals surface area contributed by atoms with E-state index in [1.165, 1.54) is 4.88 Å². The second-order valence-electron chi connectivity index (χ2n) is 5.39. The first-order valence-electron chi connectivity index (χ1n) is 7.07. The summed E-state index contributed by atoms with van der Waals surface area (Å²) in [6.07, 6.45) is 1.11. The maximum absolute atomic E-state index is 10.9. The van der Waals surface area contributed by atoms with E-state index in [0.717, 1.165) is 24.1 Å². The number of hydrogen-bond acceptors (Lipinski definition) is 3. The van der Waals surface area contributed by atoms with Crippen molar-refractivity contribution in [1.29, 1.82) is 0 Å². The third-order valence-corrected chi connectivity index (χ3v) is 4.61. The molecule has 1 heterocycles. The Morgan fingerprint density at radius 2 is 1.95 bits per heavy atom. The van der Waals surface area contributed by atoms with Crippen LogP contribution >= 0.6 is 11.3 Å². The molecule has 0 aliphatic rings. The van der Waals surface area contributed by atoms with Crippen LogP contribution in [0.25, 0.3) is 0 Å². The van der Waals surface area contributed by atoms with Crippen molar-refractivity contribution in [3.63, 3.8) is 0 Å². The lowest BCUT2D eigenvalue weighted by Gasteiger charge is -2.25. The van der Waals surface area contributed by atoms with Crippen LogP contribution < -0.4 is 0 Å². The van der Waals surface area contributed by atoms with Crippen LogP contribution in [-0.2, 0) is 24.2 Å². The number of thiophene rings is 1. The van der Waals surface area contributed by atoms with Crippen LogP contribution in [-0.4, -0.2) is 29.1 Å². The lowest BCUT2D eigenvalue weighted by atomic mass is 10.0. The molecular weight excluding hydrogens is 282 g/mol. The fraction of sp³-hybridized carbons (Fsp3) is 0.353. The quantitative estimate of drug-likeness (QED) is 0.852. The van der Waals surface area contributed by atoms with Crippen molar-refractivity contribution in [1.82, 2.24) is 4.90 Å². The summed E-state index contributed by atoms with van der Waals surface area (Å²) in [7, 11) is 2.09. The molecule has 2 rings (SSSR count). The van der Waals surface area contributed by atoms with E-state index >= 15 is 0 Å². The Hall–Kier alpha value is -1.65. The number of benzene rings is 1. The molecule has 0 aliphatic carbocycles. The molecule has 2 aromatic rings. The molecule has 1 aromatic carbocycles. The van der Waals surface area contributed by atoms with Gasteiger partial charge in [0.15, 0.2) is 0 Å². The standard InChI is InChI=1S/C17H21NO2S/c1-13(10-16-8-5-9-21-16)18(2)12-15-7-4-3-6-14(15)11-17(19)20/h3-9,13H,10-12H2,1-2H3,(H,19,20). The third-order valence-electron chi connectivity index (χ3n) is 3.71. The highest BCUT2D eigenvalue weighted by Gasteiger charge is 2.13. The summed E-state index contributed by atoms with van der Waals surface area (Å²) < 4.78 is 0. The topological polar surface area (TPSA) is 40.5 Å². The molecule has 3 nitrogen and oxygen atoms in total. The normalized spacial score (nSPS) is 12.5.